The Balaban J connectivity index is 1.34. The summed E-state index contributed by atoms with van der Waals surface area (Å²) < 4.78 is 6.30. The molecule has 0 bridgehead atoms. The second-order valence-electron chi connectivity index (χ2n) is 8.67. The topological polar surface area (TPSA) is 45.4 Å². The number of benzene rings is 2. The van der Waals surface area contributed by atoms with E-state index < -0.39 is 0 Å². The zero-order valence-electron chi connectivity index (χ0n) is 18.4. The molecular weight excluding hydrogens is 384 g/mol. The SMILES string of the molecule is Cc1nc(N2CCN(C(C)(C)c3ccc(-c4ccccc4)o3)CC2)c2ccccc2n1. The first-order chi connectivity index (χ1) is 15.0. The number of nitrogens with zero attached hydrogens (tertiary/aromatic N) is 4. The quantitative estimate of drug-likeness (QED) is 0.458. The van der Waals surface area contributed by atoms with Crippen LogP contribution in [0.4, 0.5) is 5.82 Å². The number of rotatable bonds is 4. The smallest absolute Gasteiger partial charge is 0.140 e. The molecule has 0 N–H and O–H groups in total. The number of fused-ring (bicyclic) bond motifs is 1. The van der Waals surface area contributed by atoms with Gasteiger partial charge in [0.05, 0.1) is 11.1 Å². The zero-order valence-corrected chi connectivity index (χ0v) is 18.4. The lowest BCUT2D eigenvalue weighted by Crippen LogP contribution is -2.53. The summed E-state index contributed by atoms with van der Waals surface area (Å²) in [6.07, 6.45) is 0. The van der Waals surface area contributed by atoms with Crippen LogP contribution in [-0.2, 0) is 5.54 Å². The zero-order chi connectivity index (χ0) is 21.4. The summed E-state index contributed by atoms with van der Waals surface area (Å²) in [5, 5.41) is 1.12. The number of para-hydroxylation sites is 1. The Morgan fingerprint density at radius 3 is 2.29 bits per heavy atom. The van der Waals surface area contributed by atoms with Crippen molar-refractivity contribution >= 4 is 16.7 Å². The van der Waals surface area contributed by atoms with E-state index in [1.54, 1.807) is 0 Å². The van der Waals surface area contributed by atoms with Crippen LogP contribution in [-0.4, -0.2) is 41.0 Å². The summed E-state index contributed by atoms with van der Waals surface area (Å²) >= 11 is 0. The Morgan fingerprint density at radius 2 is 1.52 bits per heavy atom. The van der Waals surface area contributed by atoms with Gasteiger partial charge >= 0.3 is 0 Å². The van der Waals surface area contributed by atoms with E-state index in [4.69, 9.17) is 9.40 Å². The van der Waals surface area contributed by atoms with Gasteiger partial charge in [-0.05, 0) is 45.0 Å². The fourth-order valence-electron chi connectivity index (χ4n) is 4.47. The van der Waals surface area contributed by atoms with Gasteiger partial charge in [-0.3, -0.25) is 4.90 Å². The van der Waals surface area contributed by atoms with Crippen molar-refractivity contribution in [2.45, 2.75) is 26.3 Å². The van der Waals surface area contributed by atoms with Crippen molar-refractivity contribution in [1.82, 2.24) is 14.9 Å². The molecule has 2 aromatic heterocycles. The molecule has 158 valence electrons. The van der Waals surface area contributed by atoms with Crippen molar-refractivity contribution in [3.8, 4) is 11.3 Å². The van der Waals surface area contributed by atoms with E-state index in [-0.39, 0.29) is 5.54 Å². The van der Waals surface area contributed by atoms with E-state index in [0.717, 1.165) is 65.8 Å². The molecule has 1 saturated heterocycles. The first kappa shape index (κ1) is 19.8. The van der Waals surface area contributed by atoms with E-state index in [2.05, 4.69) is 71.1 Å². The third kappa shape index (κ3) is 3.70. The van der Waals surface area contributed by atoms with Crippen LogP contribution >= 0.6 is 0 Å². The third-order valence-electron chi connectivity index (χ3n) is 6.33. The van der Waals surface area contributed by atoms with Crippen molar-refractivity contribution in [1.29, 1.82) is 0 Å². The highest BCUT2D eigenvalue weighted by atomic mass is 16.3. The van der Waals surface area contributed by atoms with Gasteiger partial charge < -0.3 is 9.32 Å². The van der Waals surface area contributed by atoms with Gasteiger partial charge in [0.1, 0.15) is 23.2 Å². The van der Waals surface area contributed by atoms with Crippen molar-refractivity contribution in [2.24, 2.45) is 0 Å². The summed E-state index contributed by atoms with van der Waals surface area (Å²) in [7, 11) is 0. The highest BCUT2D eigenvalue weighted by molar-refractivity contribution is 5.89. The van der Waals surface area contributed by atoms with Gasteiger partial charge in [0.15, 0.2) is 0 Å². The van der Waals surface area contributed by atoms with Crippen LogP contribution in [0.2, 0.25) is 0 Å². The fourth-order valence-corrected chi connectivity index (χ4v) is 4.47. The largest absolute Gasteiger partial charge is 0.459 e. The monoisotopic (exact) mass is 412 g/mol. The molecule has 31 heavy (non-hydrogen) atoms. The van der Waals surface area contributed by atoms with Crippen molar-refractivity contribution in [2.75, 3.05) is 31.1 Å². The van der Waals surface area contributed by atoms with Gasteiger partial charge in [-0.25, -0.2) is 9.97 Å². The van der Waals surface area contributed by atoms with E-state index >= 15 is 0 Å². The Hall–Kier alpha value is -3.18. The number of furan rings is 1. The minimum absolute atomic E-state index is 0.178. The molecule has 4 aromatic rings. The molecule has 1 fully saturated rings. The molecule has 0 unspecified atom stereocenters. The van der Waals surface area contributed by atoms with Crippen molar-refractivity contribution in [3.63, 3.8) is 0 Å². The summed E-state index contributed by atoms with van der Waals surface area (Å²) in [4.78, 5) is 14.3. The minimum atomic E-state index is -0.178. The Morgan fingerprint density at radius 1 is 0.806 bits per heavy atom. The van der Waals surface area contributed by atoms with E-state index in [1.807, 2.05) is 31.2 Å². The molecule has 1 aliphatic rings. The Labute approximate surface area is 183 Å². The first-order valence-corrected chi connectivity index (χ1v) is 10.9. The molecule has 5 nitrogen and oxygen atoms in total. The third-order valence-corrected chi connectivity index (χ3v) is 6.33. The Bertz CT molecular complexity index is 1190. The molecule has 0 spiro atoms. The van der Waals surface area contributed by atoms with Gasteiger partial charge in [-0.15, -0.1) is 0 Å². The van der Waals surface area contributed by atoms with Crippen LogP contribution in [0.3, 0.4) is 0 Å². The number of aromatic nitrogens is 2. The lowest BCUT2D eigenvalue weighted by Gasteiger charge is -2.43. The van der Waals surface area contributed by atoms with Crippen LogP contribution in [0, 0.1) is 6.92 Å². The molecule has 5 heteroatoms. The molecular formula is C26H28N4O. The number of anilines is 1. The van der Waals surface area contributed by atoms with Crippen LogP contribution in [0.1, 0.15) is 25.4 Å². The van der Waals surface area contributed by atoms with E-state index in [0.29, 0.717) is 0 Å². The average Bonchev–Trinajstić information content (AvgIpc) is 3.30. The number of aryl methyl sites for hydroxylation is 1. The maximum atomic E-state index is 6.30. The van der Waals surface area contributed by atoms with Crippen LogP contribution in [0.15, 0.2) is 71.1 Å². The van der Waals surface area contributed by atoms with E-state index in [1.165, 1.54) is 0 Å². The van der Waals surface area contributed by atoms with Gasteiger partial charge in [0, 0.05) is 37.1 Å². The normalized spacial score (nSPS) is 15.5. The summed E-state index contributed by atoms with van der Waals surface area (Å²) in [5.74, 6) is 3.79. The summed E-state index contributed by atoms with van der Waals surface area (Å²) in [5.41, 5.74) is 1.94. The minimum Gasteiger partial charge on any atom is -0.459 e. The summed E-state index contributed by atoms with van der Waals surface area (Å²) in [6, 6.07) is 22.8. The first-order valence-electron chi connectivity index (χ1n) is 10.9. The van der Waals surface area contributed by atoms with Crippen molar-refractivity contribution < 1.29 is 4.42 Å². The van der Waals surface area contributed by atoms with Gasteiger partial charge in [-0.2, -0.15) is 0 Å². The van der Waals surface area contributed by atoms with Crippen LogP contribution in [0.25, 0.3) is 22.2 Å². The second kappa shape index (κ2) is 7.82. The molecule has 5 rings (SSSR count). The highest BCUT2D eigenvalue weighted by Gasteiger charge is 2.34. The fraction of sp³-hybridized carbons (Fsp3) is 0.308. The molecule has 0 amide bonds. The van der Waals surface area contributed by atoms with Crippen LogP contribution < -0.4 is 4.90 Å². The standard InChI is InChI=1S/C26H28N4O/c1-19-27-22-12-8-7-11-21(22)25(28-19)29-15-17-30(18-16-29)26(2,3)24-14-13-23(31-24)20-9-5-4-6-10-20/h4-14H,15-18H2,1-3H3. The predicted molar refractivity (Wildman–Crippen MR) is 125 cm³/mol. The van der Waals surface area contributed by atoms with Gasteiger partial charge in [-0.1, -0.05) is 42.5 Å². The van der Waals surface area contributed by atoms with E-state index in [9.17, 15) is 0 Å². The molecule has 0 radical (unpaired) electrons. The Kier molecular flexibility index (Phi) is 4.98. The predicted octanol–water partition coefficient (Wildman–Crippen LogP) is 5.26. The molecule has 0 aliphatic carbocycles. The molecule has 3 heterocycles. The summed E-state index contributed by atoms with van der Waals surface area (Å²) in [6.45, 7) is 10.2. The average molecular weight is 413 g/mol. The number of hydrogen-bond donors (Lipinski definition) is 0. The lowest BCUT2D eigenvalue weighted by molar-refractivity contribution is 0.0904. The second-order valence-corrected chi connectivity index (χ2v) is 8.67. The highest BCUT2D eigenvalue weighted by Crippen LogP contribution is 2.34. The maximum absolute atomic E-state index is 6.30. The number of hydrogen-bond acceptors (Lipinski definition) is 5. The molecule has 2 aromatic carbocycles. The lowest BCUT2D eigenvalue weighted by atomic mass is 9.98. The molecule has 0 atom stereocenters. The van der Waals surface area contributed by atoms with Gasteiger partial charge in [0.25, 0.3) is 0 Å². The maximum Gasteiger partial charge on any atom is 0.140 e. The van der Waals surface area contributed by atoms with Crippen LogP contribution in [0.5, 0.6) is 0 Å². The molecule has 1 aliphatic heterocycles. The van der Waals surface area contributed by atoms with Crippen molar-refractivity contribution in [3.05, 3.63) is 78.3 Å². The van der Waals surface area contributed by atoms with Gasteiger partial charge in [0.2, 0.25) is 0 Å². The molecule has 0 saturated carbocycles. The number of piperazine rings is 1.